The van der Waals surface area contributed by atoms with Crippen molar-refractivity contribution < 1.29 is 0 Å². The van der Waals surface area contributed by atoms with Gasteiger partial charge in [0.15, 0.2) is 0 Å². The topological polar surface area (TPSA) is 51.6 Å². The molecule has 0 spiro atoms. The molecule has 2 atom stereocenters. The van der Waals surface area contributed by atoms with Gasteiger partial charge in [-0.15, -0.1) is 0 Å². The molecule has 0 radical (unpaired) electrons. The second kappa shape index (κ2) is 11.4. The molecule has 4 aromatic heterocycles. The maximum atomic E-state index is 4.88. The largest absolute Gasteiger partial charge is 0.255 e. The van der Waals surface area contributed by atoms with Crippen LogP contribution in [0.1, 0.15) is 18.4 Å². The highest BCUT2D eigenvalue weighted by Crippen LogP contribution is 2.45. The zero-order valence-electron chi connectivity index (χ0n) is 24.9. The molecule has 0 fully saturated rings. The normalized spacial score (nSPS) is 15.9. The first kappa shape index (κ1) is 26.9. The van der Waals surface area contributed by atoms with Gasteiger partial charge in [0.2, 0.25) is 0 Å². The Bertz CT molecular complexity index is 2200. The van der Waals surface area contributed by atoms with Gasteiger partial charge in [-0.1, -0.05) is 91.9 Å². The molecule has 4 nitrogen and oxygen atoms in total. The third kappa shape index (κ3) is 4.91. The Balaban J connectivity index is 1.37. The van der Waals surface area contributed by atoms with Crippen molar-refractivity contribution in [2.45, 2.75) is 12.8 Å². The number of hydrogen-bond acceptors (Lipinski definition) is 4. The van der Waals surface area contributed by atoms with E-state index >= 15 is 0 Å². The fourth-order valence-electron chi connectivity index (χ4n) is 6.57. The molecule has 7 aromatic rings. The summed E-state index contributed by atoms with van der Waals surface area (Å²) < 4.78 is 0. The molecule has 0 bridgehead atoms. The second-order valence-corrected chi connectivity index (χ2v) is 11.5. The Morgan fingerprint density at radius 2 is 1.00 bits per heavy atom. The van der Waals surface area contributed by atoms with Crippen LogP contribution in [0.25, 0.3) is 66.6 Å². The predicted molar refractivity (Wildman–Crippen MR) is 185 cm³/mol. The lowest BCUT2D eigenvalue weighted by atomic mass is 9.81. The van der Waals surface area contributed by atoms with Crippen molar-refractivity contribution in [1.29, 1.82) is 0 Å². The average molecular weight is 579 g/mol. The molecule has 0 saturated heterocycles. The lowest BCUT2D eigenvalue weighted by molar-refractivity contribution is 0.636. The van der Waals surface area contributed by atoms with Crippen molar-refractivity contribution in [3.8, 4) is 45.0 Å². The summed E-state index contributed by atoms with van der Waals surface area (Å²) in [4.78, 5) is 18.8. The van der Waals surface area contributed by atoms with Crippen molar-refractivity contribution >= 4 is 21.5 Å². The molecule has 4 heterocycles. The smallest absolute Gasteiger partial charge is 0.0886 e. The SMILES string of the molecule is CC1C=CC=CC1c1ccc2c(-c3ccc(-c4ccccn4)nc3)c3ccccc3c(-c3ccc(-c4ccccn4)nc3)c2c1. The number of pyridine rings is 4. The lowest BCUT2D eigenvalue weighted by Crippen LogP contribution is -2.07. The minimum absolute atomic E-state index is 0.311. The Hall–Kier alpha value is -5.74. The molecule has 0 aliphatic heterocycles. The van der Waals surface area contributed by atoms with Crippen LogP contribution >= 0.6 is 0 Å². The zero-order valence-corrected chi connectivity index (χ0v) is 24.9. The van der Waals surface area contributed by atoms with E-state index in [1.54, 1.807) is 12.4 Å². The van der Waals surface area contributed by atoms with E-state index in [-0.39, 0.29) is 0 Å². The van der Waals surface area contributed by atoms with Crippen molar-refractivity contribution in [3.05, 3.63) is 158 Å². The minimum Gasteiger partial charge on any atom is -0.255 e. The fraction of sp³-hybridized carbons (Fsp3) is 0.0732. The molecule has 0 amide bonds. The van der Waals surface area contributed by atoms with Crippen molar-refractivity contribution in [1.82, 2.24) is 19.9 Å². The van der Waals surface area contributed by atoms with Crippen LogP contribution in [0.2, 0.25) is 0 Å². The summed E-state index contributed by atoms with van der Waals surface area (Å²) in [7, 11) is 0. The van der Waals surface area contributed by atoms with E-state index in [4.69, 9.17) is 9.97 Å². The summed E-state index contributed by atoms with van der Waals surface area (Å²) in [6, 6.07) is 36.0. The van der Waals surface area contributed by atoms with Crippen LogP contribution in [-0.4, -0.2) is 19.9 Å². The van der Waals surface area contributed by atoms with E-state index in [2.05, 4.69) is 108 Å². The summed E-state index contributed by atoms with van der Waals surface area (Å²) in [5, 5.41) is 4.77. The minimum atomic E-state index is 0.311. The molecular formula is C41H30N4. The maximum Gasteiger partial charge on any atom is 0.0886 e. The second-order valence-electron chi connectivity index (χ2n) is 11.5. The van der Waals surface area contributed by atoms with Gasteiger partial charge in [0.25, 0.3) is 0 Å². The Morgan fingerprint density at radius 3 is 1.53 bits per heavy atom. The van der Waals surface area contributed by atoms with E-state index in [0.717, 1.165) is 33.9 Å². The van der Waals surface area contributed by atoms with E-state index in [1.165, 1.54) is 38.2 Å². The number of rotatable bonds is 5. The monoisotopic (exact) mass is 578 g/mol. The summed E-state index contributed by atoms with van der Waals surface area (Å²) >= 11 is 0. The van der Waals surface area contributed by atoms with Gasteiger partial charge in [0, 0.05) is 41.8 Å². The molecule has 214 valence electrons. The van der Waals surface area contributed by atoms with Gasteiger partial charge < -0.3 is 0 Å². The standard InChI is InChI=1S/C41H30N4/c1-27-10-2-3-11-31(27)28-16-19-34-35(24-28)41(30-18-21-39(45-26-30)37-15-7-9-23-43-37)33-13-5-4-12-32(33)40(34)29-17-20-38(44-25-29)36-14-6-8-22-42-36/h2-27,31H,1H3. The number of aromatic nitrogens is 4. The molecule has 0 N–H and O–H groups in total. The van der Waals surface area contributed by atoms with Gasteiger partial charge in [0.05, 0.1) is 22.8 Å². The zero-order chi connectivity index (χ0) is 30.2. The molecular weight excluding hydrogens is 548 g/mol. The van der Waals surface area contributed by atoms with E-state index < -0.39 is 0 Å². The highest BCUT2D eigenvalue weighted by atomic mass is 14.8. The Labute approximate surface area is 262 Å². The van der Waals surface area contributed by atoms with Crippen LogP contribution in [0.15, 0.2) is 152 Å². The number of benzene rings is 3. The maximum absolute atomic E-state index is 4.88. The van der Waals surface area contributed by atoms with Crippen molar-refractivity contribution in [3.63, 3.8) is 0 Å². The van der Waals surface area contributed by atoms with Crippen LogP contribution in [0, 0.1) is 5.92 Å². The fourth-order valence-corrected chi connectivity index (χ4v) is 6.57. The quantitative estimate of drug-likeness (QED) is 0.191. The third-order valence-electron chi connectivity index (χ3n) is 8.80. The van der Waals surface area contributed by atoms with Crippen LogP contribution in [-0.2, 0) is 0 Å². The Kier molecular flexibility index (Phi) is 6.80. The van der Waals surface area contributed by atoms with Crippen LogP contribution < -0.4 is 0 Å². The first-order valence-electron chi connectivity index (χ1n) is 15.3. The number of fused-ring (bicyclic) bond motifs is 2. The Morgan fingerprint density at radius 1 is 0.467 bits per heavy atom. The molecule has 1 aliphatic rings. The molecule has 4 heteroatoms. The van der Waals surface area contributed by atoms with Crippen LogP contribution in [0.5, 0.6) is 0 Å². The molecule has 0 saturated carbocycles. The van der Waals surface area contributed by atoms with E-state index in [1.807, 2.05) is 48.8 Å². The van der Waals surface area contributed by atoms with Gasteiger partial charge in [-0.2, -0.15) is 0 Å². The van der Waals surface area contributed by atoms with Gasteiger partial charge in [-0.3, -0.25) is 19.9 Å². The van der Waals surface area contributed by atoms with Crippen LogP contribution in [0.3, 0.4) is 0 Å². The van der Waals surface area contributed by atoms with Gasteiger partial charge >= 0.3 is 0 Å². The third-order valence-corrected chi connectivity index (χ3v) is 8.80. The molecule has 45 heavy (non-hydrogen) atoms. The van der Waals surface area contributed by atoms with Gasteiger partial charge in [-0.05, 0) is 86.6 Å². The van der Waals surface area contributed by atoms with Crippen LogP contribution in [0.4, 0.5) is 0 Å². The number of allylic oxidation sites excluding steroid dienone is 4. The summed E-state index contributed by atoms with van der Waals surface area (Å²) in [5.41, 5.74) is 9.28. The highest BCUT2D eigenvalue weighted by molar-refractivity contribution is 6.21. The first-order chi connectivity index (χ1) is 22.2. The molecule has 8 rings (SSSR count). The first-order valence-corrected chi connectivity index (χ1v) is 15.3. The predicted octanol–water partition coefficient (Wildman–Crippen LogP) is 10.1. The van der Waals surface area contributed by atoms with Gasteiger partial charge in [0.1, 0.15) is 0 Å². The summed E-state index contributed by atoms with van der Waals surface area (Å²) in [6.07, 6.45) is 16.5. The molecule has 3 aromatic carbocycles. The van der Waals surface area contributed by atoms with Crippen molar-refractivity contribution in [2.24, 2.45) is 5.92 Å². The number of hydrogen-bond donors (Lipinski definition) is 0. The van der Waals surface area contributed by atoms with E-state index in [9.17, 15) is 0 Å². The van der Waals surface area contributed by atoms with Crippen molar-refractivity contribution in [2.75, 3.05) is 0 Å². The highest BCUT2D eigenvalue weighted by Gasteiger charge is 2.21. The summed E-state index contributed by atoms with van der Waals surface area (Å²) in [6.45, 7) is 2.29. The van der Waals surface area contributed by atoms with E-state index in [0.29, 0.717) is 11.8 Å². The summed E-state index contributed by atoms with van der Waals surface area (Å²) in [5.74, 6) is 0.727. The van der Waals surface area contributed by atoms with Gasteiger partial charge in [-0.25, -0.2) is 0 Å². The average Bonchev–Trinajstić information content (AvgIpc) is 3.11. The molecule has 1 aliphatic carbocycles. The lowest BCUT2D eigenvalue weighted by Gasteiger charge is -2.23. The number of nitrogens with zero attached hydrogens (tertiary/aromatic N) is 4. The molecule has 2 unspecified atom stereocenters.